The van der Waals surface area contributed by atoms with E-state index in [1.54, 1.807) is 0 Å². The number of rotatable bonds is 7. The minimum absolute atomic E-state index is 0.00753. The van der Waals surface area contributed by atoms with Crippen molar-refractivity contribution in [1.82, 2.24) is 20.3 Å². The highest BCUT2D eigenvalue weighted by molar-refractivity contribution is 5.84. The second kappa shape index (κ2) is 6.62. The molecule has 0 unspecified atom stereocenters. The van der Waals surface area contributed by atoms with E-state index in [9.17, 15) is 9.59 Å². The summed E-state index contributed by atoms with van der Waals surface area (Å²) in [6.07, 6.45) is 4.35. The normalized spacial score (nSPS) is 10.2. The van der Waals surface area contributed by atoms with Crippen LogP contribution < -0.4 is 5.32 Å². The van der Waals surface area contributed by atoms with Gasteiger partial charge in [0.15, 0.2) is 5.69 Å². The van der Waals surface area contributed by atoms with Crippen molar-refractivity contribution >= 4 is 11.9 Å². The van der Waals surface area contributed by atoms with Crippen molar-refractivity contribution in [2.45, 2.75) is 32.7 Å². The van der Waals surface area contributed by atoms with Crippen molar-refractivity contribution in [1.29, 1.82) is 0 Å². The standard InChI is InChI=1S/C10H16N4O3/c1-2-3-4-5-11-9(15)7-14-6-8(10(16)17)12-13-14/h6H,2-5,7H2,1H3,(H,11,15)(H,16,17). The first kappa shape index (κ1) is 13.1. The van der Waals surface area contributed by atoms with Crippen LogP contribution in [0.15, 0.2) is 6.20 Å². The number of carboxylic acid groups (broad SMARTS) is 1. The second-order valence-corrected chi connectivity index (χ2v) is 3.66. The van der Waals surface area contributed by atoms with Crippen molar-refractivity contribution in [2.75, 3.05) is 6.54 Å². The van der Waals surface area contributed by atoms with Gasteiger partial charge < -0.3 is 10.4 Å². The van der Waals surface area contributed by atoms with E-state index in [1.165, 1.54) is 10.9 Å². The monoisotopic (exact) mass is 240 g/mol. The quantitative estimate of drug-likeness (QED) is 0.667. The number of nitrogens with one attached hydrogen (secondary N) is 1. The number of aromatic nitrogens is 3. The fourth-order valence-electron chi connectivity index (χ4n) is 1.28. The van der Waals surface area contributed by atoms with Crippen LogP contribution >= 0.6 is 0 Å². The van der Waals surface area contributed by atoms with Gasteiger partial charge in [-0.25, -0.2) is 9.48 Å². The molecule has 0 saturated heterocycles. The van der Waals surface area contributed by atoms with Crippen molar-refractivity contribution in [3.05, 3.63) is 11.9 Å². The first-order valence-corrected chi connectivity index (χ1v) is 5.53. The molecule has 1 heterocycles. The van der Waals surface area contributed by atoms with Gasteiger partial charge in [0, 0.05) is 6.54 Å². The van der Waals surface area contributed by atoms with Gasteiger partial charge >= 0.3 is 5.97 Å². The fourth-order valence-corrected chi connectivity index (χ4v) is 1.28. The van der Waals surface area contributed by atoms with Crippen LogP contribution in [0.1, 0.15) is 36.7 Å². The Balaban J connectivity index is 2.32. The maximum absolute atomic E-state index is 11.4. The van der Waals surface area contributed by atoms with Crippen LogP contribution in [0.3, 0.4) is 0 Å². The Bertz CT molecular complexity index is 389. The van der Waals surface area contributed by atoms with E-state index in [0.717, 1.165) is 19.3 Å². The average Bonchev–Trinajstić information content (AvgIpc) is 2.73. The van der Waals surface area contributed by atoms with Gasteiger partial charge in [0.05, 0.1) is 6.20 Å². The van der Waals surface area contributed by atoms with E-state index in [4.69, 9.17) is 5.11 Å². The zero-order valence-electron chi connectivity index (χ0n) is 9.72. The lowest BCUT2D eigenvalue weighted by atomic mass is 10.2. The third-order valence-corrected chi connectivity index (χ3v) is 2.17. The van der Waals surface area contributed by atoms with Crippen LogP contribution in [0.4, 0.5) is 0 Å². The molecule has 1 rings (SSSR count). The van der Waals surface area contributed by atoms with E-state index < -0.39 is 5.97 Å². The van der Waals surface area contributed by atoms with E-state index in [2.05, 4.69) is 22.6 Å². The zero-order valence-corrected chi connectivity index (χ0v) is 9.72. The number of carboxylic acids is 1. The molecular formula is C10H16N4O3. The Morgan fingerprint density at radius 1 is 1.47 bits per heavy atom. The number of hydrogen-bond acceptors (Lipinski definition) is 4. The third kappa shape index (κ3) is 4.62. The van der Waals surface area contributed by atoms with Gasteiger partial charge in [0.1, 0.15) is 6.54 Å². The summed E-state index contributed by atoms with van der Waals surface area (Å²) < 4.78 is 1.21. The van der Waals surface area contributed by atoms with Crippen molar-refractivity contribution in [3.63, 3.8) is 0 Å². The largest absolute Gasteiger partial charge is 0.476 e. The minimum atomic E-state index is -1.15. The SMILES string of the molecule is CCCCCNC(=O)Cn1cc(C(=O)O)nn1. The van der Waals surface area contributed by atoms with Crippen molar-refractivity contribution in [3.8, 4) is 0 Å². The first-order valence-electron chi connectivity index (χ1n) is 5.53. The van der Waals surface area contributed by atoms with Gasteiger partial charge in [0.2, 0.25) is 5.91 Å². The lowest BCUT2D eigenvalue weighted by Crippen LogP contribution is -2.28. The van der Waals surface area contributed by atoms with Gasteiger partial charge in [-0.15, -0.1) is 5.10 Å². The fraction of sp³-hybridized carbons (Fsp3) is 0.600. The molecular weight excluding hydrogens is 224 g/mol. The molecule has 17 heavy (non-hydrogen) atoms. The molecule has 0 aliphatic heterocycles. The molecule has 1 aromatic heterocycles. The summed E-state index contributed by atoms with van der Waals surface area (Å²) in [6, 6.07) is 0. The Morgan fingerprint density at radius 2 is 2.24 bits per heavy atom. The van der Waals surface area contributed by atoms with Crippen molar-refractivity contribution < 1.29 is 14.7 Å². The number of carbonyl (C=O) groups is 2. The predicted octanol–water partition coefficient (Wildman–Crippen LogP) is 0.283. The maximum atomic E-state index is 11.4. The molecule has 2 N–H and O–H groups in total. The molecule has 1 aromatic rings. The Labute approximate surface area is 98.8 Å². The number of hydrogen-bond donors (Lipinski definition) is 2. The van der Waals surface area contributed by atoms with Crippen LogP contribution in [-0.2, 0) is 11.3 Å². The molecule has 0 spiro atoms. The van der Waals surface area contributed by atoms with Crippen molar-refractivity contribution in [2.24, 2.45) is 0 Å². The molecule has 0 radical (unpaired) electrons. The maximum Gasteiger partial charge on any atom is 0.358 e. The third-order valence-electron chi connectivity index (χ3n) is 2.17. The summed E-state index contributed by atoms with van der Waals surface area (Å²) in [5.41, 5.74) is -0.163. The summed E-state index contributed by atoms with van der Waals surface area (Å²) >= 11 is 0. The highest BCUT2D eigenvalue weighted by Gasteiger charge is 2.10. The number of nitrogens with zero attached hydrogens (tertiary/aromatic N) is 3. The van der Waals surface area contributed by atoms with E-state index in [0.29, 0.717) is 6.54 Å². The molecule has 0 fully saturated rings. The predicted molar refractivity (Wildman–Crippen MR) is 59.5 cm³/mol. The molecule has 7 heteroatoms. The van der Waals surface area contributed by atoms with Gasteiger partial charge in [-0.05, 0) is 6.42 Å². The highest BCUT2D eigenvalue weighted by atomic mass is 16.4. The Morgan fingerprint density at radius 3 is 2.82 bits per heavy atom. The number of aromatic carboxylic acids is 1. The Kier molecular flexibility index (Phi) is 5.12. The molecule has 0 aliphatic carbocycles. The van der Waals surface area contributed by atoms with Gasteiger partial charge in [-0.1, -0.05) is 25.0 Å². The first-order chi connectivity index (χ1) is 8.13. The van der Waals surface area contributed by atoms with Crippen LogP contribution in [0.25, 0.3) is 0 Å². The van der Waals surface area contributed by atoms with Crippen LogP contribution in [0.5, 0.6) is 0 Å². The number of carbonyl (C=O) groups excluding carboxylic acids is 1. The highest BCUT2D eigenvalue weighted by Crippen LogP contribution is 1.93. The van der Waals surface area contributed by atoms with E-state index >= 15 is 0 Å². The van der Waals surface area contributed by atoms with Crippen LogP contribution in [-0.4, -0.2) is 38.5 Å². The lowest BCUT2D eigenvalue weighted by Gasteiger charge is -2.03. The molecule has 0 atom stereocenters. The summed E-state index contributed by atoms with van der Waals surface area (Å²) in [4.78, 5) is 21.9. The number of unbranched alkanes of at least 4 members (excludes halogenated alkanes) is 2. The second-order valence-electron chi connectivity index (χ2n) is 3.66. The summed E-state index contributed by atoms with van der Waals surface area (Å²) in [5.74, 6) is -1.34. The topological polar surface area (TPSA) is 97.1 Å². The molecule has 7 nitrogen and oxygen atoms in total. The summed E-state index contributed by atoms with van der Waals surface area (Å²) in [6.45, 7) is 2.71. The smallest absolute Gasteiger partial charge is 0.358 e. The Hall–Kier alpha value is -1.92. The van der Waals surface area contributed by atoms with Gasteiger partial charge in [-0.3, -0.25) is 4.79 Å². The summed E-state index contributed by atoms with van der Waals surface area (Å²) in [7, 11) is 0. The minimum Gasteiger partial charge on any atom is -0.476 e. The van der Waals surface area contributed by atoms with E-state index in [1.807, 2.05) is 0 Å². The van der Waals surface area contributed by atoms with Gasteiger partial charge in [0.25, 0.3) is 0 Å². The molecule has 0 aromatic carbocycles. The summed E-state index contributed by atoms with van der Waals surface area (Å²) in [5, 5.41) is 18.3. The molecule has 94 valence electrons. The molecule has 0 bridgehead atoms. The zero-order chi connectivity index (χ0) is 12.7. The lowest BCUT2D eigenvalue weighted by molar-refractivity contribution is -0.121. The molecule has 1 amide bonds. The average molecular weight is 240 g/mol. The van der Waals surface area contributed by atoms with E-state index in [-0.39, 0.29) is 18.1 Å². The molecule has 0 saturated carbocycles. The van der Waals surface area contributed by atoms with Crippen LogP contribution in [0, 0.1) is 0 Å². The molecule has 0 aliphatic rings. The number of amides is 1. The van der Waals surface area contributed by atoms with Gasteiger partial charge in [-0.2, -0.15) is 0 Å². The van der Waals surface area contributed by atoms with Crippen LogP contribution in [0.2, 0.25) is 0 Å².